The molecule has 0 saturated heterocycles. The Bertz CT molecular complexity index is 173. The lowest BCUT2D eigenvalue weighted by Gasteiger charge is -2.24. The van der Waals surface area contributed by atoms with Gasteiger partial charge in [0.2, 0.25) is 0 Å². The number of hydrogen-bond donors (Lipinski definition) is 1. The van der Waals surface area contributed by atoms with Gasteiger partial charge in [-0.3, -0.25) is 0 Å². The Labute approximate surface area is 90.4 Å². The van der Waals surface area contributed by atoms with Crippen molar-refractivity contribution in [3.63, 3.8) is 0 Å². The van der Waals surface area contributed by atoms with Crippen LogP contribution in [0.3, 0.4) is 0 Å². The first-order valence-corrected chi connectivity index (χ1v) is 5.53. The fourth-order valence-electron chi connectivity index (χ4n) is 1.22. The first kappa shape index (κ1) is 13.7. The topological polar surface area (TPSA) is 46.5 Å². The van der Waals surface area contributed by atoms with Gasteiger partial charge in [0.05, 0.1) is 6.61 Å². The highest BCUT2D eigenvalue weighted by Crippen LogP contribution is 2.19. The highest BCUT2D eigenvalue weighted by Gasteiger charge is 2.33. The maximum atomic E-state index is 11.0. The van der Waals surface area contributed by atoms with Crippen molar-refractivity contribution < 1.29 is 14.6 Å². The van der Waals surface area contributed by atoms with Gasteiger partial charge in [0.15, 0.2) is 5.60 Å². The molecule has 1 N–H and O–H groups in total. The molecule has 14 heavy (non-hydrogen) atoms. The van der Waals surface area contributed by atoms with Crippen LogP contribution in [0.5, 0.6) is 0 Å². The van der Waals surface area contributed by atoms with Crippen molar-refractivity contribution >= 4 is 17.6 Å². The zero-order chi connectivity index (χ0) is 11.0. The normalized spacial score (nSPS) is 15.1. The smallest absolute Gasteiger partial charge is 0.335 e. The van der Waals surface area contributed by atoms with Gasteiger partial charge in [-0.05, 0) is 19.8 Å². The summed E-state index contributed by atoms with van der Waals surface area (Å²) in [7, 11) is 0. The van der Waals surface area contributed by atoms with Crippen LogP contribution in [0.2, 0.25) is 0 Å². The lowest BCUT2D eigenvalue weighted by Crippen LogP contribution is -2.38. The fourth-order valence-corrected chi connectivity index (χ4v) is 1.29. The molecule has 84 valence electrons. The van der Waals surface area contributed by atoms with Crippen molar-refractivity contribution in [3.05, 3.63) is 0 Å². The number of unbranched alkanes of at least 4 members (excludes halogenated alkanes) is 2. The number of rotatable bonds is 8. The number of carboxylic acids is 1. The summed E-state index contributed by atoms with van der Waals surface area (Å²) >= 11 is 5.46. The van der Waals surface area contributed by atoms with Gasteiger partial charge in [0.1, 0.15) is 0 Å². The number of halogens is 1. The van der Waals surface area contributed by atoms with Crippen LogP contribution in [0, 0.1) is 0 Å². The molecule has 3 nitrogen and oxygen atoms in total. The summed E-state index contributed by atoms with van der Waals surface area (Å²) in [6, 6.07) is 0. The Balaban J connectivity index is 4.03. The molecule has 0 amide bonds. The number of carbonyl (C=O) groups is 1. The van der Waals surface area contributed by atoms with E-state index in [2.05, 4.69) is 6.92 Å². The lowest BCUT2D eigenvalue weighted by atomic mass is 9.98. The van der Waals surface area contributed by atoms with E-state index in [0.29, 0.717) is 12.3 Å². The molecule has 0 aromatic rings. The van der Waals surface area contributed by atoms with E-state index in [1.165, 1.54) is 0 Å². The molecule has 0 aliphatic heterocycles. The Kier molecular flexibility index (Phi) is 6.93. The van der Waals surface area contributed by atoms with Crippen molar-refractivity contribution in [1.82, 2.24) is 0 Å². The van der Waals surface area contributed by atoms with Gasteiger partial charge in [0, 0.05) is 5.88 Å². The SMILES string of the molecule is CCCCCC(C)(OCCCl)C(=O)O. The van der Waals surface area contributed by atoms with Crippen LogP contribution in [-0.2, 0) is 9.53 Å². The number of hydrogen-bond acceptors (Lipinski definition) is 2. The van der Waals surface area contributed by atoms with E-state index in [9.17, 15) is 4.79 Å². The van der Waals surface area contributed by atoms with Gasteiger partial charge in [-0.2, -0.15) is 0 Å². The predicted octanol–water partition coefficient (Wildman–Crippen LogP) is 2.67. The molecule has 0 fully saturated rings. The molecule has 0 saturated carbocycles. The van der Waals surface area contributed by atoms with E-state index < -0.39 is 11.6 Å². The first-order chi connectivity index (χ1) is 6.56. The maximum absolute atomic E-state index is 11.0. The standard InChI is InChI=1S/C10H19ClO3/c1-3-4-5-6-10(2,9(12)13)14-8-7-11/h3-8H2,1-2H3,(H,12,13). The summed E-state index contributed by atoms with van der Waals surface area (Å²) in [6.45, 7) is 3.98. The van der Waals surface area contributed by atoms with E-state index in [-0.39, 0.29) is 6.61 Å². The summed E-state index contributed by atoms with van der Waals surface area (Å²) in [5.41, 5.74) is -1.07. The molecule has 1 atom stereocenters. The van der Waals surface area contributed by atoms with Crippen molar-refractivity contribution in [2.75, 3.05) is 12.5 Å². The Morgan fingerprint density at radius 3 is 2.57 bits per heavy atom. The van der Waals surface area contributed by atoms with Gasteiger partial charge in [-0.1, -0.05) is 19.8 Å². The van der Waals surface area contributed by atoms with Crippen molar-refractivity contribution in [2.45, 2.75) is 45.1 Å². The van der Waals surface area contributed by atoms with Gasteiger partial charge in [0.25, 0.3) is 0 Å². The van der Waals surface area contributed by atoms with Crippen LogP contribution in [-0.4, -0.2) is 29.2 Å². The molecule has 0 bridgehead atoms. The largest absolute Gasteiger partial charge is 0.479 e. The molecule has 0 spiro atoms. The minimum Gasteiger partial charge on any atom is -0.479 e. The van der Waals surface area contributed by atoms with Crippen LogP contribution >= 0.6 is 11.6 Å². The van der Waals surface area contributed by atoms with E-state index in [4.69, 9.17) is 21.4 Å². The second kappa shape index (κ2) is 7.07. The molecule has 1 unspecified atom stereocenters. The fraction of sp³-hybridized carbons (Fsp3) is 0.900. The second-order valence-corrected chi connectivity index (χ2v) is 3.91. The lowest BCUT2D eigenvalue weighted by molar-refractivity contribution is -0.164. The summed E-state index contributed by atoms with van der Waals surface area (Å²) in [5, 5.41) is 8.99. The van der Waals surface area contributed by atoms with Gasteiger partial charge < -0.3 is 9.84 Å². The van der Waals surface area contributed by atoms with Crippen LogP contribution < -0.4 is 0 Å². The second-order valence-electron chi connectivity index (χ2n) is 3.53. The van der Waals surface area contributed by atoms with E-state index in [1.54, 1.807) is 6.92 Å². The van der Waals surface area contributed by atoms with Crippen molar-refractivity contribution in [3.8, 4) is 0 Å². The molecule has 0 heterocycles. The van der Waals surface area contributed by atoms with E-state index in [0.717, 1.165) is 19.3 Å². The van der Waals surface area contributed by atoms with Crippen LogP contribution in [0.15, 0.2) is 0 Å². The summed E-state index contributed by atoms with van der Waals surface area (Å²) in [5.74, 6) is -0.574. The number of ether oxygens (including phenoxy) is 1. The molecule has 0 radical (unpaired) electrons. The average Bonchev–Trinajstić information content (AvgIpc) is 2.15. The zero-order valence-electron chi connectivity index (χ0n) is 8.88. The molecule has 0 rings (SSSR count). The molecule has 0 aromatic heterocycles. The summed E-state index contributed by atoms with van der Waals surface area (Å²) in [6.07, 6.45) is 3.53. The molecular weight excluding hydrogens is 204 g/mol. The number of carboxylic acid groups (broad SMARTS) is 1. The highest BCUT2D eigenvalue weighted by atomic mass is 35.5. The number of aliphatic carboxylic acids is 1. The predicted molar refractivity (Wildman–Crippen MR) is 56.9 cm³/mol. The van der Waals surface area contributed by atoms with Crippen molar-refractivity contribution in [1.29, 1.82) is 0 Å². The van der Waals surface area contributed by atoms with E-state index in [1.807, 2.05) is 0 Å². The molecular formula is C10H19ClO3. The molecule has 0 aromatic carbocycles. The van der Waals surface area contributed by atoms with Crippen molar-refractivity contribution in [2.24, 2.45) is 0 Å². The third-order valence-electron chi connectivity index (χ3n) is 2.21. The van der Waals surface area contributed by atoms with Crippen LogP contribution in [0.1, 0.15) is 39.5 Å². The summed E-state index contributed by atoms with van der Waals surface area (Å²) in [4.78, 5) is 11.0. The van der Waals surface area contributed by atoms with Gasteiger partial charge >= 0.3 is 5.97 Å². The van der Waals surface area contributed by atoms with Gasteiger partial charge in [-0.25, -0.2) is 4.79 Å². The van der Waals surface area contributed by atoms with Crippen LogP contribution in [0.4, 0.5) is 0 Å². The maximum Gasteiger partial charge on any atom is 0.335 e. The minimum absolute atomic E-state index is 0.288. The zero-order valence-corrected chi connectivity index (χ0v) is 9.64. The molecule has 4 heteroatoms. The average molecular weight is 223 g/mol. The summed E-state index contributed by atoms with van der Waals surface area (Å²) < 4.78 is 5.26. The Hall–Kier alpha value is -0.280. The van der Waals surface area contributed by atoms with Crippen LogP contribution in [0.25, 0.3) is 0 Å². The molecule has 0 aliphatic carbocycles. The monoisotopic (exact) mass is 222 g/mol. The Morgan fingerprint density at radius 2 is 2.14 bits per heavy atom. The van der Waals surface area contributed by atoms with E-state index >= 15 is 0 Å². The number of alkyl halides is 1. The first-order valence-electron chi connectivity index (χ1n) is 5.00. The minimum atomic E-state index is -1.07. The molecule has 0 aliphatic rings. The Morgan fingerprint density at radius 1 is 1.50 bits per heavy atom. The third kappa shape index (κ3) is 4.82. The third-order valence-corrected chi connectivity index (χ3v) is 2.36. The highest BCUT2D eigenvalue weighted by molar-refractivity contribution is 6.17. The quantitative estimate of drug-likeness (QED) is 0.507. The van der Waals surface area contributed by atoms with Gasteiger partial charge in [-0.15, -0.1) is 11.6 Å².